The molecule has 206 valence electrons. The summed E-state index contributed by atoms with van der Waals surface area (Å²) in [7, 11) is -3.64. The molecule has 0 atom stereocenters. The minimum Gasteiger partial charge on any atom is -0.475 e. The summed E-state index contributed by atoms with van der Waals surface area (Å²) >= 11 is 0. The van der Waals surface area contributed by atoms with Crippen LogP contribution in [0.1, 0.15) is 32.8 Å². The van der Waals surface area contributed by atoms with E-state index in [1.807, 2.05) is 24.0 Å². The Labute approximate surface area is 211 Å². The summed E-state index contributed by atoms with van der Waals surface area (Å²) in [5, 5.41) is 10.4. The Kier molecular flexibility index (Phi) is 13.4. The second-order valence-electron chi connectivity index (χ2n) is 8.11. The summed E-state index contributed by atoms with van der Waals surface area (Å²) < 4.78 is 59.8. The van der Waals surface area contributed by atoms with Gasteiger partial charge in [0.15, 0.2) is 0 Å². The van der Waals surface area contributed by atoms with Gasteiger partial charge in [0.25, 0.3) is 0 Å². The maximum absolute atomic E-state index is 13.3. The van der Waals surface area contributed by atoms with E-state index in [0.29, 0.717) is 31.1 Å². The number of hydrogen-bond donors (Lipinski definition) is 2. The number of carboxylic acid groups (broad SMARTS) is 1. The number of rotatable bonds is 11. The quantitative estimate of drug-likeness (QED) is 0.444. The molecule has 0 bridgehead atoms. The number of amides is 1. The van der Waals surface area contributed by atoms with Gasteiger partial charge in [-0.3, -0.25) is 4.79 Å². The van der Waals surface area contributed by atoms with Crippen LogP contribution in [0.2, 0.25) is 0 Å². The van der Waals surface area contributed by atoms with Crippen molar-refractivity contribution in [1.82, 2.24) is 19.4 Å². The molecule has 1 aliphatic rings. The van der Waals surface area contributed by atoms with Gasteiger partial charge in [0.2, 0.25) is 15.9 Å². The molecule has 36 heavy (non-hydrogen) atoms. The lowest BCUT2D eigenvalue weighted by Crippen LogP contribution is -2.47. The highest BCUT2D eigenvalue weighted by atomic mass is 32.2. The lowest BCUT2D eigenvalue weighted by atomic mass is 10.2. The van der Waals surface area contributed by atoms with Crippen LogP contribution < -0.4 is 5.32 Å². The van der Waals surface area contributed by atoms with Crippen molar-refractivity contribution in [3.8, 4) is 0 Å². The number of carbonyl (C=O) groups excluding carboxylic acids is 1. The van der Waals surface area contributed by atoms with Crippen LogP contribution in [0.5, 0.6) is 0 Å². The normalized spacial score (nSPS) is 14.5. The number of sulfonamides is 1. The van der Waals surface area contributed by atoms with Crippen molar-refractivity contribution in [2.75, 3.05) is 58.9 Å². The summed E-state index contributed by atoms with van der Waals surface area (Å²) in [6.45, 7) is 12.1. The molecule has 1 aromatic carbocycles. The van der Waals surface area contributed by atoms with E-state index in [1.165, 1.54) is 4.31 Å². The number of halogens is 3. The lowest BCUT2D eigenvalue weighted by molar-refractivity contribution is -0.192. The van der Waals surface area contributed by atoms with Gasteiger partial charge in [-0.05, 0) is 37.2 Å². The van der Waals surface area contributed by atoms with Gasteiger partial charge in [-0.15, -0.1) is 0 Å². The molecular weight excluding hydrogens is 501 g/mol. The van der Waals surface area contributed by atoms with Crippen LogP contribution in [0, 0.1) is 0 Å². The Morgan fingerprint density at radius 2 is 1.53 bits per heavy atom. The number of aliphatic carboxylic acids is 1. The van der Waals surface area contributed by atoms with Crippen LogP contribution >= 0.6 is 0 Å². The maximum atomic E-state index is 13.3. The second-order valence-corrected chi connectivity index (χ2v) is 10.1. The van der Waals surface area contributed by atoms with Crippen LogP contribution in [0.25, 0.3) is 0 Å². The zero-order valence-corrected chi connectivity index (χ0v) is 21.9. The Morgan fingerprint density at radius 3 is 1.97 bits per heavy atom. The number of nitrogens with one attached hydrogen (secondary N) is 1. The average molecular weight is 539 g/mol. The van der Waals surface area contributed by atoms with Gasteiger partial charge in [-0.1, -0.05) is 32.9 Å². The first kappa shape index (κ1) is 31.8. The molecule has 1 aliphatic heterocycles. The van der Waals surface area contributed by atoms with Crippen molar-refractivity contribution in [3.05, 3.63) is 29.8 Å². The third-order valence-corrected chi connectivity index (χ3v) is 7.73. The lowest BCUT2D eigenvalue weighted by Gasteiger charge is -2.29. The molecule has 2 N–H and O–H groups in total. The highest BCUT2D eigenvalue weighted by Gasteiger charge is 2.38. The fourth-order valence-electron chi connectivity index (χ4n) is 3.48. The van der Waals surface area contributed by atoms with Crippen LogP contribution in [-0.2, 0) is 26.0 Å². The standard InChI is InChI=1S/C21H36N4O3S.C2HF3O2/c1-4-19-7-9-20(10-8-19)29(27,28)25(18-17-23(5-2)6-3)14-11-21(26)24-15-12-22-13-16-24;3-2(4,5)1(6)7/h7-10,22H,4-6,11-18H2,1-3H3;(H,6,7). The monoisotopic (exact) mass is 538 g/mol. The van der Waals surface area contributed by atoms with E-state index in [0.717, 1.165) is 38.2 Å². The molecule has 0 aromatic heterocycles. The van der Waals surface area contributed by atoms with Crippen molar-refractivity contribution in [2.45, 2.75) is 44.7 Å². The van der Waals surface area contributed by atoms with E-state index in [1.54, 1.807) is 12.1 Å². The molecule has 1 fully saturated rings. The average Bonchev–Trinajstić information content (AvgIpc) is 2.86. The molecule has 0 aliphatic carbocycles. The molecule has 1 heterocycles. The topological polar surface area (TPSA) is 110 Å². The van der Waals surface area contributed by atoms with Crippen molar-refractivity contribution >= 4 is 21.9 Å². The number of alkyl halides is 3. The number of aryl methyl sites for hydroxylation is 1. The zero-order chi connectivity index (χ0) is 27.4. The number of benzene rings is 1. The Bertz CT molecular complexity index is 917. The van der Waals surface area contributed by atoms with Crippen molar-refractivity contribution in [3.63, 3.8) is 0 Å². The summed E-state index contributed by atoms with van der Waals surface area (Å²) in [6.07, 6.45) is -4.00. The molecule has 13 heteroatoms. The van der Waals surface area contributed by atoms with E-state index in [4.69, 9.17) is 9.90 Å². The highest BCUT2D eigenvalue weighted by Crippen LogP contribution is 2.18. The largest absolute Gasteiger partial charge is 0.490 e. The Balaban J connectivity index is 0.000000809. The second kappa shape index (κ2) is 15.1. The fraction of sp³-hybridized carbons (Fsp3) is 0.652. The predicted molar refractivity (Wildman–Crippen MR) is 130 cm³/mol. The highest BCUT2D eigenvalue weighted by molar-refractivity contribution is 7.89. The molecule has 1 aromatic rings. The summed E-state index contributed by atoms with van der Waals surface area (Å²) in [6, 6.07) is 7.08. The van der Waals surface area contributed by atoms with E-state index in [-0.39, 0.29) is 18.9 Å². The smallest absolute Gasteiger partial charge is 0.475 e. The number of carboxylic acids is 1. The molecule has 1 saturated heterocycles. The van der Waals surface area contributed by atoms with E-state index < -0.39 is 22.2 Å². The van der Waals surface area contributed by atoms with Gasteiger partial charge in [0.05, 0.1) is 4.90 Å². The molecular formula is C23H37F3N4O5S. The Hall–Kier alpha value is -2.22. The molecule has 0 saturated carbocycles. The van der Waals surface area contributed by atoms with Crippen LogP contribution in [0.15, 0.2) is 29.2 Å². The van der Waals surface area contributed by atoms with Gasteiger partial charge in [-0.25, -0.2) is 13.2 Å². The number of carbonyl (C=O) groups is 2. The third kappa shape index (κ3) is 10.4. The molecule has 0 radical (unpaired) electrons. The van der Waals surface area contributed by atoms with E-state index >= 15 is 0 Å². The number of hydrogen-bond acceptors (Lipinski definition) is 6. The first-order chi connectivity index (χ1) is 16.9. The molecule has 0 unspecified atom stereocenters. The summed E-state index contributed by atoms with van der Waals surface area (Å²) in [5.74, 6) is -2.73. The van der Waals surface area contributed by atoms with Gasteiger partial charge in [0, 0.05) is 52.2 Å². The van der Waals surface area contributed by atoms with Gasteiger partial charge in [-0.2, -0.15) is 17.5 Å². The van der Waals surface area contributed by atoms with Gasteiger partial charge >= 0.3 is 12.1 Å². The minimum absolute atomic E-state index is 0.0240. The first-order valence-corrected chi connectivity index (χ1v) is 13.4. The van der Waals surface area contributed by atoms with Crippen LogP contribution in [-0.4, -0.2) is 105 Å². The molecule has 0 spiro atoms. The molecule has 9 nitrogen and oxygen atoms in total. The minimum atomic E-state index is -5.08. The number of nitrogens with zero attached hydrogens (tertiary/aromatic N) is 3. The zero-order valence-electron chi connectivity index (χ0n) is 21.1. The maximum Gasteiger partial charge on any atom is 0.490 e. The van der Waals surface area contributed by atoms with Crippen molar-refractivity contribution in [1.29, 1.82) is 0 Å². The van der Waals surface area contributed by atoms with Gasteiger partial charge < -0.3 is 20.2 Å². The van der Waals surface area contributed by atoms with E-state index in [2.05, 4.69) is 24.1 Å². The van der Waals surface area contributed by atoms with E-state index in [9.17, 15) is 26.4 Å². The van der Waals surface area contributed by atoms with Crippen molar-refractivity contribution < 1.29 is 36.3 Å². The fourth-order valence-corrected chi connectivity index (χ4v) is 4.92. The summed E-state index contributed by atoms with van der Waals surface area (Å²) in [5.41, 5.74) is 1.10. The van der Waals surface area contributed by atoms with Crippen molar-refractivity contribution in [2.24, 2.45) is 0 Å². The summed E-state index contributed by atoms with van der Waals surface area (Å²) in [4.78, 5) is 25.8. The van der Waals surface area contributed by atoms with Crippen LogP contribution in [0.3, 0.4) is 0 Å². The predicted octanol–water partition coefficient (Wildman–Crippen LogP) is 2.04. The molecule has 1 amide bonds. The SMILES string of the molecule is CCc1ccc(S(=O)(=O)N(CCC(=O)N2CCNCC2)CCN(CC)CC)cc1.O=C(O)C(F)(F)F. The van der Waals surface area contributed by atoms with Crippen LogP contribution in [0.4, 0.5) is 13.2 Å². The third-order valence-electron chi connectivity index (χ3n) is 5.82. The number of likely N-dealkylation sites (N-methyl/N-ethyl adjacent to an activating group) is 1. The number of piperazine rings is 1. The first-order valence-electron chi connectivity index (χ1n) is 12.0. The Morgan fingerprint density at radius 1 is 1.00 bits per heavy atom. The van der Waals surface area contributed by atoms with Gasteiger partial charge in [0.1, 0.15) is 0 Å². The molecule has 2 rings (SSSR count).